The number of rotatable bonds is 6. The molecule has 1 aliphatic rings. The van der Waals surface area contributed by atoms with Gasteiger partial charge in [-0.25, -0.2) is 9.97 Å². The molecule has 146 valence electrons. The maximum absolute atomic E-state index is 11.6. The first kappa shape index (κ1) is 19.2. The minimum Gasteiger partial charge on any atom is -0.465 e. The Labute approximate surface area is 172 Å². The number of thiophene rings is 1. The van der Waals surface area contributed by atoms with Gasteiger partial charge in [0.15, 0.2) is 5.16 Å². The molecule has 1 aliphatic heterocycles. The highest BCUT2D eigenvalue weighted by atomic mass is 32.2. The summed E-state index contributed by atoms with van der Waals surface area (Å²) in [5.41, 5.74) is 8.87. The van der Waals surface area contributed by atoms with Crippen molar-refractivity contribution in [3.8, 4) is 0 Å². The lowest BCUT2D eigenvalue weighted by Gasteiger charge is -2.26. The first-order valence-corrected chi connectivity index (χ1v) is 11.1. The molecular weight excluding hydrogens is 392 g/mol. The Morgan fingerprint density at radius 1 is 1.32 bits per heavy atom. The number of esters is 1. The summed E-state index contributed by atoms with van der Waals surface area (Å²) in [5, 5.41) is 1.51. The minimum atomic E-state index is -0.267. The number of anilines is 1. The lowest BCUT2D eigenvalue weighted by atomic mass is 10.0. The number of nitrogen functional groups attached to an aromatic ring is 1. The maximum Gasteiger partial charge on any atom is 0.316 e. The van der Waals surface area contributed by atoms with Crippen LogP contribution in [0.1, 0.15) is 22.9 Å². The molecule has 4 rings (SSSR count). The fraction of sp³-hybridized carbons (Fsp3) is 0.350. The summed E-state index contributed by atoms with van der Waals surface area (Å²) < 4.78 is 4.96. The summed E-state index contributed by atoms with van der Waals surface area (Å²) in [6.45, 7) is 5.00. The van der Waals surface area contributed by atoms with Gasteiger partial charge in [-0.1, -0.05) is 42.1 Å². The molecule has 0 amide bonds. The highest BCUT2D eigenvalue weighted by molar-refractivity contribution is 7.99. The van der Waals surface area contributed by atoms with Crippen LogP contribution in [0.5, 0.6) is 0 Å². The van der Waals surface area contributed by atoms with Gasteiger partial charge >= 0.3 is 5.97 Å². The molecule has 0 saturated carbocycles. The average Bonchev–Trinajstić information content (AvgIpc) is 3.05. The molecule has 6 nitrogen and oxygen atoms in total. The second kappa shape index (κ2) is 8.46. The molecule has 28 heavy (non-hydrogen) atoms. The predicted molar refractivity (Wildman–Crippen MR) is 113 cm³/mol. The van der Waals surface area contributed by atoms with Gasteiger partial charge in [0.05, 0.1) is 17.7 Å². The lowest BCUT2D eigenvalue weighted by Crippen LogP contribution is -2.29. The fourth-order valence-corrected chi connectivity index (χ4v) is 5.40. The van der Waals surface area contributed by atoms with E-state index in [0.717, 1.165) is 36.3 Å². The molecule has 0 unspecified atom stereocenters. The predicted octanol–water partition coefficient (Wildman–Crippen LogP) is 3.49. The quantitative estimate of drug-likeness (QED) is 0.376. The van der Waals surface area contributed by atoms with E-state index in [1.807, 2.05) is 6.07 Å². The van der Waals surface area contributed by atoms with Crippen LogP contribution in [0.3, 0.4) is 0 Å². The number of nitrogens with two attached hydrogens (primary N) is 1. The van der Waals surface area contributed by atoms with Crippen LogP contribution < -0.4 is 5.73 Å². The third-order valence-electron chi connectivity index (χ3n) is 4.66. The Bertz CT molecular complexity index is 991. The Morgan fingerprint density at radius 2 is 2.14 bits per heavy atom. The van der Waals surface area contributed by atoms with Gasteiger partial charge in [-0.3, -0.25) is 9.69 Å². The highest BCUT2D eigenvalue weighted by Crippen LogP contribution is 2.38. The number of thioether (sulfide) groups is 1. The number of benzene rings is 1. The minimum absolute atomic E-state index is 0.189. The van der Waals surface area contributed by atoms with E-state index in [9.17, 15) is 4.79 Å². The van der Waals surface area contributed by atoms with Crippen LogP contribution in [0.4, 0.5) is 5.82 Å². The number of carbonyl (C=O) groups is 1. The van der Waals surface area contributed by atoms with E-state index in [1.54, 1.807) is 18.3 Å². The standard InChI is InChI=1S/C20H22N4O2S2/c1-2-26-16(25)12-27-20-22-18(21)17-14-8-9-24(10-13-6-4-3-5-7-13)11-15(14)28-19(17)23-20/h3-7H,2,8-12H2,1H3,(H2,21,22,23). The summed E-state index contributed by atoms with van der Waals surface area (Å²) in [6, 6.07) is 10.5. The Hall–Kier alpha value is -2.16. The van der Waals surface area contributed by atoms with Crippen LogP contribution in [0.2, 0.25) is 0 Å². The van der Waals surface area contributed by atoms with Gasteiger partial charge in [0, 0.05) is 24.5 Å². The smallest absolute Gasteiger partial charge is 0.316 e. The van der Waals surface area contributed by atoms with E-state index in [4.69, 9.17) is 10.5 Å². The normalized spacial score (nSPS) is 14.2. The molecule has 0 fully saturated rings. The zero-order valence-electron chi connectivity index (χ0n) is 15.7. The van der Waals surface area contributed by atoms with Gasteiger partial charge in [-0.2, -0.15) is 0 Å². The SMILES string of the molecule is CCOC(=O)CSc1nc(N)c2c3c(sc2n1)CN(Cc1ccccc1)CC3. The number of fused-ring (bicyclic) bond motifs is 3. The van der Waals surface area contributed by atoms with E-state index >= 15 is 0 Å². The molecule has 0 radical (unpaired) electrons. The second-order valence-corrected chi connectivity index (χ2v) is 8.64. The van der Waals surface area contributed by atoms with Crippen molar-refractivity contribution in [3.63, 3.8) is 0 Å². The van der Waals surface area contributed by atoms with Gasteiger partial charge in [0.2, 0.25) is 0 Å². The molecule has 0 spiro atoms. The molecular formula is C20H22N4O2S2. The number of hydrogen-bond acceptors (Lipinski definition) is 8. The summed E-state index contributed by atoms with van der Waals surface area (Å²) in [5.74, 6) is 0.427. The monoisotopic (exact) mass is 414 g/mol. The van der Waals surface area contributed by atoms with Gasteiger partial charge in [-0.05, 0) is 24.5 Å². The van der Waals surface area contributed by atoms with E-state index in [0.29, 0.717) is 17.6 Å². The van der Waals surface area contributed by atoms with Crippen molar-refractivity contribution in [2.45, 2.75) is 31.6 Å². The van der Waals surface area contributed by atoms with Crippen LogP contribution in [0.15, 0.2) is 35.5 Å². The topological polar surface area (TPSA) is 81.3 Å². The summed E-state index contributed by atoms with van der Waals surface area (Å²) in [6.07, 6.45) is 0.949. The second-order valence-electron chi connectivity index (χ2n) is 6.62. The van der Waals surface area contributed by atoms with Crippen molar-refractivity contribution in [1.29, 1.82) is 0 Å². The number of nitrogens with zero attached hydrogens (tertiary/aromatic N) is 3. The van der Waals surface area contributed by atoms with Gasteiger partial charge < -0.3 is 10.5 Å². The molecule has 0 aliphatic carbocycles. The molecule has 0 saturated heterocycles. The molecule has 0 atom stereocenters. The molecule has 3 heterocycles. The summed E-state index contributed by atoms with van der Waals surface area (Å²) in [4.78, 5) is 25.3. The number of aromatic nitrogens is 2. The summed E-state index contributed by atoms with van der Waals surface area (Å²) in [7, 11) is 0. The van der Waals surface area contributed by atoms with Gasteiger partial charge in [0.25, 0.3) is 0 Å². The highest BCUT2D eigenvalue weighted by Gasteiger charge is 2.24. The third kappa shape index (κ3) is 4.14. The zero-order chi connectivity index (χ0) is 19.5. The number of hydrogen-bond donors (Lipinski definition) is 1. The van der Waals surface area contributed by atoms with Crippen LogP contribution >= 0.6 is 23.1 Å². The first-order chi connectivity index (χ1) is 13.6. The van der Waals surface area contributed by atoms with Gasteiger partial charge in [-0.15, -0.1) is 11.3 Å². The maximum atomic E-state index is 11.6. The van der Waals surface area contributed by atoms with E-state index in [-0.39, 0.29) is 11.7 Å². The van der Waals surface area contributed by atoms with Crippen molar-refractivity contribution in [2.24, 2.45) is 0 Å². The number of carbonyl (C=O) groups excluding carboxylic acids is 1. The van der Waals surface area contributed by atoms with Crippen LogP contribution in [0.25, 0.3) is 10.2 Å². The molecule has 2 aromatic heterocycles. The molecule has 1 aromatic carbocycles. The van der Waals surface area contributed by atoms with Crippen molar-refractivity contribution in [1.82, 2.24) is 14.9 Å². The van der Waals surface area contributed by atoms with Crippen molar-refractivity contribution in [3.05, 3.63) is 46.3 Å². The van der Waals surface area contributed by atoms with Gasteiger partial charge in [0.1, 0.15) is 10.6 Å². The average molecular weight is 415 g/mol. The molecule has 8 heteroatoms. The van der Waals surface area contributed by atoms with E-state index < -0.39 is 0 Å². The largest absolute Gasteiger partial charge is 0.465 e. The molecule has 3 aromatic rings. The van der Waals surface area contributed by atoms with Crippen molar-refractivity contribution < 1.29 is 9.53 Å². The van der Waals surface area contributed by atoms with Crippen LogP contribution in [-0.2, 0) is 29.0 Å². The van der Waals surface area contributed by atoms with Crippen LogP contribution in [0, 0.1) is 0 Å². The zero-order valence-corrected chi connectivity index (χ0v) is 17.3. The molecule has 2 N–H and O–H groups in total. The fourth-order valence-electron chi connectivity index (χ4n) is 3.42. The van der Waals surface area contributed by atoms with E-state index in [1.165, 1.54) is 27.8 Å². The Balaban J connectivity index is 1.53. The van der Waals surface area contributed by atoms with Crippen LogP contribution in [-0.4, -0.2) is 39.7 Å². The van der Waals surface area contributed by atoms with Crippen molar-refractivity contribution >= 4 is 45.1 Å². The van der Waals surface area contributed by atoms with Crippen molar-refractivity contribution in [2.75, 3.05) is 24.6 Å². The lowest BCUT2D eigenvalue weighted by molar-refractivity contribution is -0.139. The third-order valence-corrected chi connectivity index (χ3v) is 6.59. The number of ether oxygens (including phenoxy) is 1. The Morgan fingerprint density at radius 3 is 2.93 bits per heavy atom. The Kier molecular flexibility index (Phi) is 5.79. The van der Waals surface area contributed by atoms with E-state index in [2.05, 4.69) is 39.1 Å². The molecule has 0 bridgehead atoms. The first-order valence-electron chi connectivity index (χ1n) is 9.26. The summed E-state index contributed by atoms with van der Waals surface area (Å²) >= 11 is 2.95.